The Balaban J connectivity index is 2.27. The first-order chi connectivity index (χ1) is 7.18. The third-order valence-corrected chi connectivity index (χ3v) is 2.39. The average molecular weight is 213 g/mol. The van der Waals surface area contributed by atoms with Crippen molar-refractivity contribution in [3.63, 3.8) is 0 Å². The molecule has 1 atom stereocenters. The molecule has 0 radical (unpaired) electrons. The molecule has 1 fully saturated rings. The van der Waals surface area contributed by atoms with Crippen LogP contribution in [0.2, 0.25) is 0 Å². The Morgan fingerprint density at radius 2 is 2.33 bits per heavy atom. The van der Waals surface area contributed by atoms with Crippen molar-refractivity contribution in [2.75, 3.05) is 13.2 Å². The SMILES string of the molecule is O=C(c1cc(F)ncc1F)C1CCOC1. The first kappa shape index (κ1) is 10.2. The van der Waals surface area contributed by atoms with Crippen LogP contribution in [0, 0.1) is 17.7 Å². The number of hydrogen-bond donors (Lipinski definition) is 0. The van der Waals surface area contributed by atoms with Crippen molar-refractivity contribution < 1.29 is 18.3 Å². The van der Waals surface area contributed by atoms with Crippen LogP contribution in [0.4, 0.5) is 8.78 Å². The number of ether oxygens (including phenoxy) is 1. The van der Waals surface area contributed by atoms with Gasteiger partial charge in [0.1, 0.15) is 0 Å². The number of rotatable bonds is 2. The molecule has 0 saturated carbocycles. The summed E-state index contributed by atoms with van der Waals surface area (Å²) in [6, 6.07) is 0.829. The van der Waals surface area contributed by atoms with E-state index in [9.17, 15) is 13.6 Å². The molecule has 1 saturated heterocycles. The summed E-state index contributed by atoms with van der Waals surface area (Å²) in [5, 5.41) is 0. The van der Waals surface area contributed by atoms with E-state index in [4.69, 9.17) is 4.74 Å². The lowest BCUT2D eigenvalue weighted by atomic mass is 9.97. The van der Waals surface area contributed by atoms with Crippen LogP contribution < -0.4 is 0 Å². The summed E-state index contributed by atoms with van der Waals surface area (Å²) in [5.41, 5.74) is -0.238. The molecule has 0 spiro atoms. The van der Waals surface area contributed by atoms with E-state index in [0.29, 0.717) is 13.0 Å². The molecule has 2 heterocycles. The molecule has 1 aromatic heterocycles. The highest BCUT2D eigenvalue weighted by atomic mass is 19.1. The third kappa shape index (κ3) is 2.02. The maximum Gasteiger partial charge on any atom is 0.213 e. The molecular weight excluding hydrogens is 204 g/mol. The average Bonchev–Trinajstić information content (AvgIpc) is 2.74. The number of ketones is 1. The van der Waals surface area contributed by atoms with Gasteiger partial charge in [-0.25, -0.2) is 9.37 Å². The van der Waals surface area contributed by atoms with Gasteiger partial charge in [-0.15, -0.1) is 0 Å². The van der Waals surface area contributed by atoms with Gasteiger partial charge >= 0.3 is 0 Å². The van der Waals surface area contributed by atoms with Crippen molar-refractivity contribution >= 4 is 5.78 Å². The van der Waals surface area contributed by atoms with Gasteiger partial charge in [0.25, 0.3) is 0 Å². The minimum atomic E-state index is -0.848. The Kier molecular flexibility index (Phi) is 2.73. The van der Waals surface area contributed by atoms with Crippen LogP contribution in [0.3, 0.4) is 0 Å². The molecule has 0 aliphatic carbocycles. The Bertz CT molecular complexity index is 389. The van der Waals surface area contributed by atoms with Crippen molar-refractivity contribution in [3.8, 4) is 0 Å². The Morgan fingerprint density at radius 1 is 1.53 bits per heavy atom. The zero-order chi connectivity index (χ0) is 10.8. The van der Waals surface area contributed by atoms with Gasteiger partial charge in [-0.1, -0.05) is 0 Å². The standard InChI is InChI=1S/C10H9F2NO2/c11-8-4-13-9(12)3-7(8)10(14)6-1-2-15-5-6/h3-4,6H,1-2,5H2. The fourth-order valence-electron chi connectivity index (χ4n) is 1.56. The predicted molar refractivity (Wildman–Crippen MR) is 47.4 cm³/mol. The molecule has 15 heavy (non-hydrogen) atoms. The van der Waals surface area contributed by atoms with Gasteiger partial charge in [0.15, 0.2) is 11.6 Å². The van der Waals surface area contributed by atoms with Crippen molar-refractivity contribution in [3.05, 3.63) is 29.6 Å². The summed E-state index contributed by atoms with van der Waals surface area (Å²) < 4.78 is 30.9. The van der Waals surface area contributed by atoms with Gasteiger partial charge < -0.3 is 4.74 Å². The summed E-state index contributed by atoms with van der Waals surface area (Å²) in [7, 11) is 0. The molecule has 0 aromatic carbocycles. The minimum Gasteiger partial charge on any atom is -0.381 e. The van der Waals surface area contributed by atoms with Crippen molar-refractivity contribution in [1.82, 2.24) is 4.98 Å². The molecule has 0 N–H and O–H groups in total. The molecule has 1 aliphatic heterocycles. The molecule has 3 nitrogen and oxygen atoms in total. The van der Waals surface area contributed by atoms with Crippen LogP contribution in [0.5, 0.6) is 0 Å². The summed E-state index contributed by atoms with van der Waals surface area (Å²) in [6.07, 6.45) is 1.28. The third-order valence-electron chi connectivity index (χ3n) is 2.39. The lowest BCUT2D eigenvalue weighted by Crippen LogP contribution is -2.16. The number of carbonyl (C=O) groups is 1. The molecule has 2 rings (SSSR count). The fourth-order valence-corrected chi connectivity index (χ4v) is 1.56. The molecule has 1 aromatic rings. The molecule has 0 amide bonds. The highest BCUT2D eigenvalue weighted by Gasteiger charge is 2.27. The van der Waals surface area contributed by atoms with Gasteiger partial charge in [0.05, 0.1) is 18.4 Å². The molecule has 1 unspecified atom stereocenters. The second-order valence-electron chi connectivity index (χ2n) is 3.41. The van der Waals surface area contributed by atoms with Gasteiger partial charge in [-0.3, -0.25) is 4.79 Å². The largest absolute Gasteiger partial charge is 0.381 e. The van der Waals surface area contributed by atoms with E-state index >= 15 is 0 Å². The Morgan fingerprint density at radius 3 is 3.00 bits per heavy atom. The molecular formula is C10H9F2NO2. The highest BCUT2D eigenvalue weighted by molar-refractivity contribution is 5.98. The van der Waals surface area contributed by atoms with Gasteiger partial charge in [-0.2, -0.15) is 4.39 Å². The van der Waals surface area contributed by atoms with Crippen LogP contribution in [-0.2, 0) is 4.74 Å². The maximum absolute atomic E-state index is 13.2. The number of aromatic nitrogens is 1. The highest BCUT2D eigenvalue weighted by Crippen LogP contribution is 2.20. The van der Waals surface area contributed by atoms with Gasteiger partial charge in [0, 0.05) is 18.6 Å². The number of carbonyl (C=O) groups excluding carboxylic acids is 1. The van der Waals surface area contributed by atoms with Crippen LogP contribution in [0.1, 0.15) is 16.8 Å². The first-order valence-corrected chi connectivity index (χ1v) is 4.61. The fraction of sp³-hybridized carbons (Fsp3) is 0.400. The molecule has 5 heteroatoms. The predicted octanol–water partition coefficient (Wildman–Crippen LogP) is 1.58. The number of nitrogens with zero attached hydrogens (tertiary/aromatic N) is 1. The van der Waals surface area contributed by atoms with E-state index in [1.807, 2.05) is 0 Å². The lowest BCUT2D eigenvalue weighted by Gasteiger charge is -2.06. The number of hydrogen-bond acceptors (Lipinski definition) is 3. The quantitative estimate of drug-likeness (QED) is 0.553. The topological polar surface area (TPSA) is 39.2 Å². The summed E-state index contributed by atoms with van der Waals surface area (Å²) in [5.74, 6) is -2.40. The first-order valence-electron chi connectivity index (χ1n) is 4.61. The van der Waals surface area contributed by atoms with E-state index < -0.39 is 17.5 Å². The van der Waals surface area contributed by atoms with Crippen molar-refractivity contribution in [2.24, 2.45) is 5.92 Å². The number of Topliss-reactive ketones (excluding diaryl/α,β-unsaturated/α-hetero) is 1. The van der Waals surface area contributed by atoms with Gasteiger partial charge in [0.2, 0.25) is 5.95 Å². The smallest absolute Gasteiger partial charge is 0.213 e. The summed E-state index contributed by atoms with van der Waals surface area (Å²) >= 11 is 0. The van der Waals surface area contributed by atoms with E-state index in [1.54, 1.807) is 0 Å². The Hall–Kier alpha value is -1.36. The number of halogens is 2. The molecule has 1 aliphatic rings. The van der Waals surface area contributed by atoms with E-state index in [-0.39, 0.29) is 18.1 Å². The molecule has 0 bridgehead atoms. The van der Waals surface area contributed by atoms with Crippen LogP contribution >= 0.6 is 0 Å². The second kappa shape index (κ2) is 4.02. The van der Waals surface area contributed by atoms with Crippen LogP contribution in [-0.4, -0.2) is 24.0 Å². The summed E-state index contributed by atoms with van der Waals surface area (Å²) in [6.45, 7) is 0.772. The van der Waals surface area contributed by atoms with Crippen molar-refractivity contribution in [2.45, 2.75) is 6.42 Å². The zero-order valence-electron chi connectivity index (χ0n) is 7.87. The van der Waals surface area contributed by atoms with Crippen LogP contribution in [0.15, 0.2) is 12.3 Å². The molecule has 80 valence electrons. The van der Waals surface area contributed by atoms with E-state index in [0.717, 1.165) is 12.3 Å². The summed E-state index contributed by atoms with van der Waals surface area (Å²) in [4.78, 5) is 14.8. The van der Waals surface area contributed by atoms with E-state index in [2.05, 4.69) is 4.98 Å². The maximum atomic E-state index is 13.2. The van der Waals surface area contributed by atoms with Gasteiger partial charge in [-0.05, 0) is 6.42 Å². The van der Waals surface area contributed by atoms with Crippen molar-refractivity contribution in [1.29, 1.82) is 0 Å². The normalized spacial score (nSPS) is 20.5. The second-order valence-corrected chi connectivity index (χ2v) is 3.41. The zero-order valence-corrected chi connectivity index (χ0v) is 7.87. The lowest BCUT2D eigenvalue weighted by molar-refractivity contribution is 0.0895. The number of pyridine rings is 1. The van der Waals surface area contributed by atoms with Crippen LogP contribution in [0.25, 0.3) is 0 Å². The minimum absolute atomic E-state index is 0.238. The monoisotopic (exact) mass is 213 g/mol. The van der Waals surface area contributed by atoms with E-state index in [1.165, 1.54) is 0 Å². The Labute approximate surface area is 85.1 Å².